The smallest absolute Gasteiger partial charge is 0.122 e. The van der Waals surface area contributed by atoms with E-state index in [2.05, 4.69) is 55.7 Å². The highest BCUT2D eigenvalue weighted by Gasteiger charge is 2.16. The molecule has 0 saturated carbocycles. The van der Waals surface area contributed by atoms with Crippen LogP contribution in [-0.4, -0.2) is 6.61 Å². The minimum atomic E-state index is 0.123. The SMILES string of the molecule is Cc1ccc(CC(NN)c2ccc3c(c2)CCO3)cc1C. The van der Waals surface area contributed by atoms with Crippen LogP contribution in [0.4, 0.5) is 0 Å². The lowest BCUT2D eigenvalue weighted by atomic mass is 9.95. The van der Waals surface area contributed by atoms with Crippen molar-refractivity contribution in [3.8, 4) is 5.75 Å². The maximum atomic E-state index is 5.78. The maximum Gasteiger partial charge on any atom is 0.122 e. The molecule has 3 heteroatoms. The predicted octanol–water partition coefficient (Wildman–Crippen LogP) is 2.99. The molecule has 1 atom stereocenters. The van der Waals surface area contributed by atoms with Crippen molar-refractivity contribution < 1.29 is 4.74 Å². The summed E-state index contributed by atoms with van der Waals surface area (Å²) in [5.74, 6) is 6.80. The fourth-order valence-corrected chi connectivity index (χ4v) is 2.86. The van der Waals surface area contributed by atoms with Gasteiger partial charge in [-0.2, -0.15) is 0 Å². The molecule has 0 bridgehead atoms. The van der Waals surface area contributed by atoms with Crippen LogP contribution in [0.5, 0.6) is 5.75 Å². The Morgan fingerprint density at radius 2 is 2.00 bits per heavy atom. The molecule has 0 spiro atoms. The number of rotatable bonds is 4. The van der Waals surface area contributed by atoms with Gasteiger partial charge in [0.2, 0.25) is 0 Å². The molecular formula is C18H22N2O. The number of hydrogen-bond acceptors (Lipinski definition) is 3. The fraction of sp³-hybridized carbons (Fsp3) is 0.333. The highest BCUT2D eigenvalue weighted by atomic mass is 16.5. The van der Waals surface area contributed by atoms with Gasteiger partial charge in [-0.25, -0.2) is 0 Å². The molecule has 0 saturated heterocycles. The summed E-state index contributed by atoms with van der Waals surface area (Å²) in [5, 5.41) is 0. The molecular weight excluding hydrogens is 260 g/mol. The number of hydrazine groups is 1. The summed E-state index contributed by atoms with van der Waals surface area (Å²) < 4.78 is 5.56. The molecule has 2 aromatic carbocycles. The lowest BCUT2D eigenvalue weighted by Crippen LogP contribution is -2.29. The van der Waals surface area contributed by atoms with Gasteiger partial charge in [0.15, 0.2) is 0 Å². The van der Waals surface area contributed by atoms with Crippen molar-refractivity contribution in [3.05, 3.63) is 64.2 Å². The summed E-state index contributed by atoms with van der Waals surface area (Å²) in [5.41, 5.74) is 9.41. The van der Waals surface area contributed by atoms with Gasteiger partial charge in [0.1, 0.15) is 5.75 Å². The van der Waals surface area contributed by atoms with E-state index in [9.17, 15) is 0 Å². The van der Waals surface area contributed by atoms with Crippen molar-refractivity contribution in [1.29, 1.82) is 0 Å². The average molecular weight is 282 g/mol. The molecule has 0 amide bonds. The van der Waals surface area contributed by atoms with Crippen LogP contribution in [0.25, 0.3) is 0 Å². The average Bonchev–Trinajstić information content (AvgIpc) is 2.95. The molecule has 3 nitrogen and oxygen atoms in total. The Bertz CT molecular complexity index is 652. The molecule has 1 aliphatic rings. The summed E-state index contributed by atoms with van der Waals surface area (Å²) >= 11 is 0. The van der Waals surface area contributed by atoms with E-state index in [1.807, 2.05) is 0 Å². The number of fused-ring (bicyclic) bond motifs is 1. The van der Waals surface area contributed by atoms with Crippen LogP contribution in [0.2, 0.25) is 0 Å². The van der Waals surface area contributed by atoms with Crippen molar-refractivity contribution >= 4 is 0 Å². The lowest BCUT2D eigenvalue weighted by molar-refractivity contribution is 0.356. The second kappa shape index (κ2) is 5.88. The summed E-state index contributed by atoms with van der Waals surface area (Å²) in [6, 6.07) is 13.1. The van der Waals surface area contributed by atoms with Gasteiger partial charge in [0.25, 0.3) is 0 Å². The second-order valence-electron chi connectivity index (χ2n) is 5.81. The van der Waals surface area contributed by atoms with E-state index in [4.69, 9.17) is 10.6 Å². The third kappa shape index (κ3) is 2.94. The molecule has 1 heterocycles. The van der Waals surface area contributed by atoms with Gasteiger partial charge < -0.3 is 4.74 Å². The first-order valence-corrected chi connectivity index (χ1v) is 7.45. The van der Waals surface area contributed by atoms with Gasteiger partial charge in [-0.3, -0.25) is 11.3 Å². The Morgan fingerprint density at radius 3 is 2.76 bits per heavy atom. The zero-order valence-corrected chi connectivity index (χ0v) is 12.6. The topological polar surface area (TPSA) is 47.3 Å². The van der Waals surface area contributed by atoms with Crippen LogP contribution >= 0.6 is 0 Å². The molecule has 2 aromatic rings. The highest BCUT2D eigenvalue weighted by molar-refractivity contribution is 5.41. The maximum absolute atomic E-state index is 5.78. The molecule has 1 aliphatic heterocycles. The van der Waals surface area contributed by atoms with E-state index < -0.39 is 0 Å². The predicted molar refractivity (Wildman–Crippen MR) is 85.3 cm³/mol. The highest BCUT2D eigenvalue weighted by Crippen LogP contribution is 2.29. The van der Waals surface area contributed by atoms with E-state index in [0.717, 1.165) is 25.2 Å². The van der Waals surface area contributed by atoms with Crippen LogP contribution in [0.1, 0.15) is 33.9 Å². The lowest BCUT2D eigenvalue weighted by Gasteiger charge is -2.18. The zero-order valence-electron chi connectivity index (χ0n) is 12.6. The fourth-order valence-electron chi connectivity index (χ4n) is 2.86. The van der Waals surface area contributed by atoms with Gasteiger partial charge in [-0.1, -0.05) is 30.3 Å². The molecule has 0 aromatic heterocycles. The summed E-state index contributed by atoms with van der Waals surface area (Å²) in [6.45, 7) is 5.07. The Labute approximate surface area is 126 Å². The summed E-state index contributed by atoms with van der Waals surface area (Å²) in [7, 11) is 0. The van der Waals surface area contributed by atoms with E-state index in [1.165, 1.54) is 27.8 Å². The summed E-state index contributed by atoms with van der Waals surface area (Å²) in [4.78, 5) is 0. The van der Waals surface area contributed by atoms with Crippen molar-refractivity contribution in [2.24, 2.45) is 5.84 Å². The zero-order chi connectivity index (χ0) is 14.8. The van der Waals surface area contributed by atoms with Crippen LogP contribution in [-0.2, 0) is 12.8 Å². The van der Waals surface area contributed by atoms with Crippen LogP contribution in [0.15, 0.2) is 36.4 Å². The molecule has 110 valence electrons. The minimum absolute atomic E-state index is 0.123. The van der Waals surface area contributed by atoms with Gasteiger partial charge >= 0.3 is 0 Å². The first-order valence-electron chi connectivity index (χ1n) is 7.45. The van der Waals surface area contributed by atoms with Crippen molar-refractivity contribution in [3.63, 3.8) is 0 Å². The standard InChI is InChI=1S/C18H22N2O/c1-12-3-4-14(9-13(12)2)10-17(20-19)15-5-6-18-16(11-15)7-8-21-18/h3-6,9,11,17,20H,7-8,10,19H2,1-2H3. The number of nitrogens with two attached hydrogens (primary N) is 1. The third-order valence-electron chi connectivity index (χ3n) is 4.33. The first kappa shape index (κ1) is 14.1. The summed E-state index contributed by atoms with van der Waals surface area (Å²) in [6.07, 6.45) is 1.88. The molecule has 3 N–H and O–H groups in total. The van der Waals surface area contributed by atoms with Gasteiger partial charge in [0.05, 0.1) is 6.61 Å². The van der Waals surface area contributed by atoms with E-state index in [-0.39, 0.29) is 6.04 Å². The third-order valence-corrected chi connectivity index (χ3v) is 4.33. The Morgan fingerprint density at radius 1 is 1.14 bits per heavy atom. The van der Waals surface area contributed by atoms with E-state index in [0.29, 0.717) is 0 Å². The van der Waals surface area contributed by atoms with Crippen LogP contribution < -0.4 is 16.0 Å². The monoisotopic (exact) mass is 282 g/mol. The second-order valence-corrected chi connectivity index (χ2v) is 5.81. The molecule has 1 unspecified atom stereocenters. The van der Waals surface area contributed by atoms with Crippen molar-refractivity contribution in [1.82, 2.24) is 5.43 Å². The Hall–Kier alpha value is -1.84. The van der Waals surface area contributed by atoms with Gasteiger partial charge in [-0.15, -0.1) is 0 Å². The van der Waals surface area contributed by atoms with Gasteiger partial charge in [0, 0.05) is 12.5 Å². The molecule has 21 heavy (non-hydrogen) atoms. The van der Waals surface area contributed by atoms with Crippen molar-refractivity contribution in [2.45, 2.75) is 32.7 Å². The minimum Gasteiger partial charge on any atom is -0.493 e. The number of aryl methyl sites for hydroxylation is 2. The van der Waals surface area contributed by atoms with Gasteiger partial charge in [-0.05, 0) is 54.2 Å². The quantitative estimate of drug-likeness (QED) is 0.669. The molecule has 0 fully saturated rings. The number of ether oxygens (including phenoxy) is 1. The van der Waals surface area contributed by atoms with Crippen LogP contribution in [0.3, 0.4) is 0 Å². The van der Waals surface area contributed by atoms with E-state index in [1.54, 1.807) is 0 Å². The number of hydrogen-bond donors (Lipinski definition) is 2. The van der Waals surface area contributed by atoms with Crippen molar-refractivity contribution in [2.75, 3.05) is 6.61 Å². The molecule has 0 aliphatic carbocycles. The Kier molecular flexibility index (Phi) is 3.95. The first-order chi connectivity index (χ1) is 10.2. The van der Waals surface area contributed by atoms with Crippen LogP contribution in [0, 0.1) is 13.8 Å². The normalized spacial score (nSPS) is 14.6. The molecule has 3 rings (SSSR count). The Balaban J connectivity index is 1.83. The number of nitrogens with one attached hydrogen (secondary N) is 1. The largest absolute Gasteiger partial charge is 0.493 e. The van der Waals surface area contributed by atoms with E-state index >= 15 is 0 Å². The molecule has 0 radical (unpaired) electrons. The number of benzene rings is 2.